The van der Waals surface area contributed by atoms with Crippen LogP contribution in [0.5, 0.6) is 0 Å². The molecule has 0 saturated carbocycles. The number of carbonyl (C=O) groups excluding carboxylic acids is 1. The highest BCUT2D eigenvalue weighted by atomic mass is 32.1. The Hall–Kier alpha value is -1.82. The summed E-state index contributed by atoms with van der Waals surface area (Å²) in [6.07, 6.45) is 1.67. The lowest BCUT2D eigenvalue weighted by Crippen LogP contribution is -2.27. The molecule has 2 aromatic rings. The van der Waals surface area contributed by atoms with Crippen LogP contribution < -0.4 is 11.1 Å². The largest absolute Gasteiger partial charge is 0.396 e. The van der Waals surface area contributed by atoms with Gasteiger partial charge in [-0.1, -0.05) is 6.07 Å². The number of nitrogens with one attached hydrogen (secondary N) is 1. The van der Waals surface area contributed by atoms with Crippen molar-refractivity contribution < 1.29 is 4.79 Å². The number of nitrogen functional groups attached to an aromatic ring is 1. The van der Waals surface area contributed by atoms with E-state index in [4.69, 9.17) is 5.73 Å². The maximum Gasteiger partial charge on any atom is 0.274 e. The molecule has 2 rings (SSSR count). The average molecular weight is 264 g/mol. The topological polar surface area (TPSA) is 72.9 Å². The van der Waals surface area contributed by atoms with E-state index >= 15 is 0 Å². The SMILES string of the molecule is CCn1cc(N)c(C(=O)NC(C)c2cccs2)n1. The van der Waals surface area contributed by atoms with Crippen LogP contribution in [-0.4, -0.2) is 15.7 Å². The molecular weight excluding hydrogens is 248 g/mol. The maximum absolute atomic E-state index is 12.0. The first-order chi connectivity index (χ1) is 8.61. The Bertz CT molecular complexity index is 532. The van der Waals surface area contributed by atoms with E-state index in [-0.39, 0.29) is 11.9 Å². The molecule has 0 aliphatic rings. The average Bonchev–Trinajstić information content (AvgIpc) is 2.97. The van der Waals surface area contributed by atoms with Gasteiger partial charge in [0.05, 0.1) is 11.7 Å². The number of hydrogen-bond acceptors (Lipinski definition) is 4. The van der Waals surface area contributed by atoms with Crippen molar-refractivity contribution in [3.63, 3.8) is 0 Å². The lowest BCUT2D eigenvalue weighted by molar-refractivity contribution is 0.0935. The van der Waals surface area contributed by atoms with Crippen LogP contribution in [0.4, 0.5) is 5.69 Å². The van der Waals surface area contributed by atoms with E-state index in [0.29, 0.717) is 17.9 Å². The molecule has 0 radical (unpaired) electrons. The van der Waals surface area contributed by atoms with E-state index in [9.17, 15) is 4.79 Å². The third-order valence-corrected chi connectivity index (χ3v) is 3.70. The quantitative estimate of drug-likeness (QED) is 0.887. The van der Waals surface area contributed by atoms with Crippen molar-refractivity contribution in [1.82, 2.24) is 15.1 Å². The zero-order valence-electron chi connectivity index (χ0n) is 10.4. The van der Waals surface area contributed by atoms with Gasteiger partial charge in [-0.05, 0) is 25.3 Å². The van der Waals surface area contributed by atoms with E-state index in [1.807, 2.05) is 31.4 Å². The van der Waals surface area contributed by atoms with Crippen molar-refractivity contribution in [2.75, 3.05) is 5.73 Å². The van der Waals surface area contributed by atoms with Gasteiger partial charge in [-0.2, -0.15) is 5.10 Å². The molecule has 96 valence electrons. The molecule has 1 amide bonds. The van der Waals surface area contributed by atoms with Crippen LogP contribution in [0.3, 0.4) is 0 Å². The zero-order chi connectivity index (χ0) is 13.1. The Kier molecular flexibility index (Phi) is 3.66. The number of aryl methyl sites for hydroxylation is 1. The van der Waals surface area contributed by atoms with Gasteiger partial charge in [0.25, 0.3) is 5.91 Å². The number of nitrogens with zero attached hydrogens (tertiary/aromatic N) is 2. The zero-order valence-corrected chi connectivity index (χ0v) is 11.2. The standard InChI is InChI=1S/C12H16N4OS/c1-3-16-7-9(13)11(15-16)12(17)14-8(2)10-5-4-6-18-10/h4-8H,3,13H2,1-2H3,(H,14,17). The number of aromatic nitrogens is 2. The first kappa shape index (κ1) is 12.6. The van der Waals surface area contributed by atoms with Gasteiger partial charge < -0.3 is 11.1 Å². The molecule has 1 atom stereocenters. The molecule has 0 aliphatic carbocycles. The smallest absolute Gasteiger partial charge is 0.274 e. The van der Waals surface area contributed by atoms with Crippen LogP contribution in [0.1, 0.15) is 35.3 Å². The normalized spacial score (nSPS) is 12.3. The Balaban J connectivity index is 2.09. The van der Waals surface area contributed by atoms with Gasteiger partial charge in [-0.15, -0.1) is 11.3 Å². The van der Waals surface area contributed by atoms with Crippen molar-refractivity contribution in [1.29, 1.82) is 0 Å². The van der Waals surface area contributed by atoms with E-state index in [1.165, 1.54) is 0 Å². The molecule has 6 heteroatoms. The van der Waals surface area contributed by atoms with Crippen molar-refractivity contribution in [3.05, 3.63) is 34.3 Å². The van der Waals surface area contributed by atoms with Gasteiger partial charge in [-0.3, -0.25) is 9.48 Å². The summed E-state index contributed by atoms with van der Waals surface area (Å²) in [5, 5.41) is 9.02. The lowest BCUT2D eigenvalue weighted by Gasteiger charge is -2.11. The molecule has 2 aromatic heterocycles. The van der Waals surface area contributed by atoms with E-state index in [0.717, 1.165) is 4.88 Å². The Morgan fingerprint density at radius 1 is 1.67 bits per heavy atom. The molecule has 0 aromatic carbocycles. The molecule has 18 heavy (non-hydrogen) atoms. The van der Waals surface area contributed by atoms with Crippen molar-refractivity contribution >= 4 is 22.9 Å². The number of hydrogen-bond donors (Lipinski definition) is 2. The molecule has 0 bridgehead atoms. The molecular formula is C12H16N4OS. The summed E-state index contributed by atoms with van der Waals surface area (Å²) in [7, 11) is 0. The van der Waals surface area contributed by atoms with Gasteiger partial charge in [0, 0.05) is 17.6 Å². The molecule has 1 unspecified atom stereocenters. The number of amides is 1. The molecule has 0 fully saturated rings. The van der Waals surface area contributed by atoms with Crippen LogP contribution in [-0.2, 0) is 6.54 Å². The third kappa shape index (κ3) is 2.53. The summed E-state index contributed by atoms with van der Waals surface area (Å²) in [5.74, 6) is -0.236. The van der Waals surface area contributed by atoms with E-state index < -0.39 is 0 Å². The highest BCUT2D eigenvalue weighted by molar-refractivity contribution is 7.10. The number of anilines is 1. The Morgan fingerprint density at radius 2 is 2.44 bits per heavy atom. The summed E-state index contributed by atoms with van der Waals surface area (Å²) in [5.41, 5.74) is 6.47. The minimum atomic E-state index is -0.236. The maximum atomic E-state index is 12.0. The highest BCUT2D eigenvalue weighted by Gasteiger charge is 2.17. The number of rotatable bonds is 4. The summed E-state index contributed by atoms with van der Waals surface area (Å²) in [4.78, 5) is 13.1. The number of thiophene rings is 1. The van der Waals surface area contributed by atoms with Crippen LogP contribution >= 0.6 is 11.3 Å². The summed E-state index contributed by atoms with van der Waals surface area (Å²) < 4.78 is 1.65. The molecule has 0 aliphatic heterocycles. The summed E-state index contributed by atoms with van der Waals surface area (Å²) in [6, 6.07) is 3.91. The highest BCUT2D eigenvalue weighted by Crippen LogP contribution is 2.19. The predicted octanol–water partition coefficient (Wildman–Crippen LogP) is 2.04. The van der Waals surface area contributed by atoms with E-state index in [2.05, 4.69) is 10.4 Å². The first-order valence-corrected chi connectivity index (χ1v) is 6.67. The molecule has 2 heterocycles. The van der Waals surface area contributed by atoms with Crippen LogP contribution in [0, 0.1) is 0 Å². The first-order valence-electron chi connectivity index (χ1n) is 5.79. The predicted molar refractivity (Wildman–Crippen MR) is 72.5 cm³/mol. The van der Waals surface area contributed by atoms with Gasteiger partial charge >= 0.3 is 0 Å². The Morgan fingerprint density at radius 3 is 3.00 bits per heavy atom. The minimum absolute atomic E-state index is 0.0383. The van der Waals surface area contributed by atoms with Crippen molar-refractivity contribution in [2.24, 2.45) is 0 Å². The van der Waals surface area contributed by atoms with Crippen molar-refractivity contribution in [3.8, 4) is 0 Å². The minimum Gasteiger partial charge on any atom is -0.396 e. The van der Waals surface area contributed by atoms with Gasteiger partial charge in [0.15, 0.2) is 5.69 Å². The fraction of sp³-hybridized carbons (Fsp3) is 0.333. The molecule has 3 N–H and O–H groups in total. The fourth-order valence-corrected chi connectivity index (χ4v) is 2.38. The van der Waals surface area contributed by atoms with Gasteiger partial charge in [0.2, 0.25) is 0 Å². The third-order valence-electron chi connectivity index (χ3n) is 2.65. The monoisotopic (exact) mass is 264 g/mol. The second kappa shape index (κ2) is 5.22. The summed E-state index contributed by atoms with van der Waals surface area (Å²) in [6.45, 7) is 4.58. The Labute approximate surface area is 110 Å². The van der Waals surface area contributed by atoms with Crippen LogP contribution in [0.2, 0.25) is 0 Å². The number of nitrogens with two attached hydrogens (primary N) is 1. The fourth-order valence-electron chi connectivity index (χ4n) is 1.65. The van der Waals surface area contributed by atoms with Crippen molar-refractivity contribution in [2.45, 2.75) is 26.4 Å². The second-order valence-electron chi connectivity index (χ2n) is 4.00. The van der Waals surface area contributed by atoms with Crippen LogP contribution in [0.25, 0.3) is 0 Å². The van der Waals surface area contributed by atoms with Crippen LogP contribution in [0.15, 0.2) is 23.7 Å². The van der Waals surface area contributed by atoms with E-state index in [1.54, 1.807) is 22.2 Å². The number of carbonyl (C=O) groups is 1. The molecule has 0 spiro atoms. The molecule has 0 saturated heterocycles. The lowest BCUT2D eigenvalue weighted by atomic mass is 10.2. The van der Waals surface area contributed by atoms with Gasteiger partial charge in [0.1, 0.15) is 0 Å². The summed E-state index contributed by atoms with van der Waals surface area (Å²) >= 11 is 1.61. The second-order valence-corrected chi connectivity index (χ2v) is 4.98. The van der Waals surface area contributed by atoms with Gasteiger partial charge in [-0.25, -0.2) is 0 Å². The molecule has 5 nitrogen and oxygen atoms in total.